The highest BCUT2D eigenvalue weighted by Crippen LogP contribution is 2.71. The van der Waals surface area contributed by atoms with E-state index in [1.54, 1.807) is 0 Å². The molecule has 3 nitrogen and oxygen atoms in total. The molecule has 4 saturated carbocycles. The van der Waals surface area contributed by atoms with E-state index < -0.39 is 11.6 Å². The van der Waals surface area contributed by atoms with Crippen molar-refractivity contribution in [2.45, 2.75) is 58.5 Å². The van der Waals surface area contributed by atoms with E-state index in [4.69, 9.17) is 5.73 Å². The number of rotatable bonds is 0. The van der Waals surface area contributed by atoms with Crippen LogP contribution in [0, 0.1) is 40.4 Å². The number of ketones is 2. The van der Waals surface area contributed by atoms with Crippen LogP contribution in [0.1, 0.15) is 52.4 Å². The molecule has 0 saturated heterocycles. The maximum Gasteiger partial charge on any atom is 0.181 e. The predicted octanol–water partition coefficient (Wildman–Crippen LogP) is 3.18. The van der Waals surface area contributed by atoms with Crippen LogP contribution < -0.4 is 5.73 Å². The molecule has 24 heavy (non-hydrogen) atoms. The third-order valence-electron chi connectivity index (χ3n) is 8.77. The summed E-state index contributed by atoms with van der Waals surface area (Å²) >= 11 is 0. The van der Waals surface area contributed by atoms with Crippen LogP contribution in [-0.4, -0.2) is 17.7 Å². The van der Waals surface area contributed by atoms with E-state index >= 15 is 0 Å². The van der Waals surface area contributed by atoms with Crippen molar-refractivity contribution >= 4 is 11.6 Å². The Morgan fingerprint density at radius 1 is 1.08 bits per heavy atom. The molecule has 5 rings (SSSR count). The fourth-order valence-electron chi connectivity index (χ4n) is 7.41. The summed E-state index contributed by atoms with van der Waals surface area (Å²) < 4.78 is 14.2. The summed E-state index contributed by atoms with van der Waals surface area (Å²) in [7, 11) is 0. The van der Waals surface area contributed by atoms with Crippen molar-refractivity contribution in [3.63, 3.8) is 0 Å². The zero-order valence-electron chi connectivity index (χ0n) is 14.5. The average molecular weight is 331 g/mol. The third kappa shape index (κ3) is 1.50. The molecule has 0 bridgehead atoms. The fourth-order valence-corrected chi connectivity index (χ4v) is 7.41. The number of carbonyl (C=O) groups excluding carboxylic acids is 2. The van der Waals surface area contributed by atoms with Gasteiger partial charge >= 0.3 is 0 Å². The van der Waals surface area contributed by atoms with Gasteiger partial charge in [0.2, 0.25) is 0 Å². The summed E-state index contributed by atoms with van der Waals surface area (Å²) in [5.41, 5.74) is 7.52. The lowest BCUT2D eigenvalue weighted by Gasteiger charge is -2.57. The molecular weight excluding hydrogens is 305 g/mol. The molecule has 0 aliphatic heterocycles. The number of fused-ring (bicyclic) bond motifs is 7. The molecule has 2 N–H and O–H groups in total. The number of hydrogen-bond acceptors (Lipinski definition) is 3. The number of hydrogen-bond donors (Lipinski definition) is 1. The lowest BCUT2D eigenvalue weighted by molar-refractivity contribution is -0.135. The molecule has 130 valence electrons. The average Bonchev–Trinajstić information content (AvgIpc) is 3.32. The van der Waals surface area contributed by atoms with Gasteiger partial charge < -0.3 is 5.73 Å². The zero-order chi connectivity index (χ0) is 17.0. The van der Waals surface area contributed by atoms with Gasteiger partial charge in [0.1, 0.15) is 0 Å². The molecule has 0 aromatic carbocycles. The molecule has 0 radical (unpaired) electrons. The van der Waals surface area contributed by atoms with Crippen LogP contribution >= 0.6 is 0 Å². The Kier molecular flexibility index (Phi) is 2.71. The number of halogens is 1. The van der Waals surface area contributed by atoms with Crippen LogP contribution in [0.3, 0.4) is 0 Å². The highest BCUT2D eigenvalue weighted by atomic mass is 19.1. The minimum atomic E-state index is -1.27. The molecule has 8 atom stereocenters. The molecule has 0 spiro atoms. The first kappa shape index (κ1) is 15.1. The van der Waals surface area contributed by atoms with Crippen LogP contribution in [0.15, 0.2) is 11.3 Å². The molecule has 0 amide bonds. The Hall–Kier alpha value is -1.19. The first-order valence-corrected chi connectivity index (χ1v) is 9.52. The second-order valence-corrected chi connectivity index (χ2v) is 9.43. The molecule has 0 heterocycles. The Morgan fingerprint density at radius 2 is 1.83 bits per heavy atom. The van der Waals surface area contributed by atoms with Crippen molar-refractivity contribution in [1.82, 2.24) is 0 Å². The maximum atomic E-state index is 14.2. The van der Waals surface area contributed by atoms with Crippen molar-refractivity contribution < 1.29 is 14.0 Å². The van der Waals surface area contributed by atoms with Gasteiger partial charge in [-0.25, -0.2) is 4.39 Å². The number of Topliss-reactive ketones (excluding diaryl/α,β-unsaturated/α-hetero) is 2. The minimum absolute atomic E-state index is 0.00432. The maximum absolute atomic E-state index is 14.2. The van der Waals surface area contributed by atoms with Gasteiger partial charge in [-0.3, -0.25) is 9.59 Å². The number of allylic oxidation sites excluding steroid dienone is 1. The summed E-state index contributed by atoms with van der Waals surface area (Å²) in [6, 6.07) is 0. The molecule has 5 aliphatic rings. The SMILES string of the molecule is C[C@]12CC[C@H]3[C@@H](CCC4=C(N)C(=O)[C@H]5CC5[C@@]43C)[C@@H]1C[C@H](F)C2=O. The Balaban J connectivity index is 1.58. The molecule has 4 heteroatoms. The van der Waals surface area contributed by atoms with Gasteiger partial charge in [0.25, 0.3) is 0 Å². The summed E-state index contributed by atoms with van der Waals surface area (Å²) in [6.07, 6.45) is 3.70. The number of nitrogens with two attached hydrogens (primary N) is 1. The molecule has 0 aromatic heterocycles. The van der Waals surface area contributed by atoms with Gasteiger partial charge in [-0.2, -0.15) is 0 Å². The van der Waals surface area contributed by atoms with E-state index in [1.807, 2.05) is 6.92 Å². The number of alkyl halides is 1. The quantitative estimate of drug-likeness (QED) is 0.741. The van der Waals surface area contributed by atoms with E-state index in [0.717, 1.165) is 32.1 Å². The van der Waals surface area contributed by atoms with Gasteiger partial charge in [-0.05, 0) is 73.2 Å². The smallest absolute Gasteiger partial charge is 0.181 e. The van der Waals surface area contributed by atoms with Crippen LogP contribution in [-0.2, 0) is 9.59 Å². The number of carbonyl (C=O) groups is 2. The van der Waals surface area contributed by atoms with Gasteiger partial charge in [0, 0.05) is 11.3 Å². The molecule has 5 aliphatic carbocycles. The fraction of sp³-hybridized carbons (Fsp3) is 0.800. The Labute approximate surface area is 142 Å². The van der Waals surface area contributed by atoms with Crippen molar-refractivity contribution in [1.29, 1.82) is 0 Å². The van der Waals surface area contributed by atoms with Crippen LogP contribution in [0.2, 0.25) is 0 Å². The van der Waals surface area contributed by atoms with Crippen LogP contribution in [0.25, 0.3) is 0 Å². The van der Waals surface area contributed by atoms with E-state index in [-0.39, 0.29) is 28.8 Å². The normalized spacial score (nSPS) is 55.6. The van der Waals surface area contributed by atoms with Gasteiger partial charge in [0.05, 0.1) is 5.70 Å². The van der Waals surface area contributed by atoms with Crippen molar-refractivity contribution in [2.24, 2.45) is 46.2 Å². The molecule has 0 aromatic rings. The Morgan fingerprint density at radius 3 is 2.58 bits per heavy atom. The lowest BCUT2D eigenvalue weighted by Crippen LogP contribution is -2.52. The predicted molar refractivity (Wildman–Crippen MR) is 87.5 cm³/mol. The summed E-state index contributed by atoms with van der Waals surface area (Å²) in [6.45, 7) is 4.32. The van der Waals surface area contributed by atoms with E-state index in [2.05, 4.69) is 6.92 Å². The summed E-state index contributed by atoms with van der Waals surface area (Å²) in [5.74, 6) is 1.62. The third-order valence-corrected chi connectivity index (χ3v) is 8.77. The van der Waals surface area contributed by atoms with Gasteiger partial charge in [-0.1, -0.05) is 13.8 Å². The second-order valence-electron chi connectivity index (χ2n) is 9.43. The zero-order valence-corrected chi connectivity index (χ0v) is 14.5. The van der Waals surface area contributed by atoms with Gasteiger partial charge in [-0.15, -0.1) is 0 Å². The highest BCUT2D eigenvalue weighted by Gasteiger charge is 2.68. The van der Waals surface area contributed by atoms with E-state index in [0.29, 0.717) is 29.9 Å². The van der Waals surface area contributed by atoms with Crippen LogP contribution in [0.5, 0.6) is 0 Å². The van der Waals surface area contributed by atoms with E-state index in [1.165, 1.54) is 5.57 Å². The van der Waals surface area contributed by atoms with Crippen LogP contribution in [0.4, 0.5) is 4.39 Å². The Bertz CT molecular complexity index is 700. The first-order chi connectivity index (χ1) is 11.3. The summed E-state index contributed by atoms with van der Waals surface area (Å²) in [5, 5.41) is 0. The minimum Gasteiger partial charge on any atom is -0.396 e. The molecule has 4 fully saturated rings. The molecular formula is C20H26FNO2. The second kappa shape index (κ2) is 4.31. The topological polar surface area (TPSA) is 60.2 Å². The van der Waals surface area contributed by atoms with Gasteiger partial charge in [0.15, 0.2) is 17.7 Å². The van der Waals surface area contributed by atoms with E-state index in [9.17, 15) is 14.0 Å². The van der Waals surface area contributed by atoms with Crippen molar-refractivity contribution in [3.8, 4) is 0 Å². The van der Waals surface area contributed by atoms with Crippen molar-refractivity contribution in [3.05, 3.63) is 11.3 Å². The monoisotopic (exact) mass is 331 g/mol. The first-order valence-electron chi connectivity index (χ1n) is 9.52. The highest BCUT2D eigenvalue weighted by molar-refractivity contribution is 6.00. The standard InChI is InChI=1S/C20H26FNO2/c1-19-6-5-11-9(13(19)8-15(21)18(19)24)3-4-12-16(22)17(23)10-7-14(10)20(11,12)2/h9-11,13-15H,3-8,22H2,1-2H3/t9-,10+,11+,13+,14?,15+,19+,20-/m1/s1. The summed E-state index contributed by atoms with van der Waals surface area (Å²) in [4.78, 5) is 24.8. The largest absolute Gasteiger partial charge is 0.396 e. The molecule has 1 unspecified atom stereocenters. The van der Waals surface area contributed by atoms with Crippen molar-refractivity contribution in [2.75, 3.05) is 0 Å². The lowest BCUT2D eigenvalue weighted by atomic mass is 9.47.